The molecule has 1 saturated heterocycles. The Balaban J connectivity index is 1.71. The number of aryl methyl sites for hydroxylation is 3. The van der Waals surface area contributed by atoms with Gasteiger partial charge in [-0.1, -0.05) is 18.7 Å². The minimum atomic E-state index is -0.451. The summed E-state index contributed by atoms with van der Waals surface area (Å²) in [6.07, 6.45) is 4.03. The number of piperidine rings is 1. The van der Waals surface area contributed by atoms with Crippen molar-refractivity contribution in [3.05, 3.63) is 38.8 Å². The minimum absolute atomic E-state index is 0.399. The monoisotopic (exact) mass is 415 g/mol. The SMILES string of the molecule is Cc1ccnc(SCCn2c(N3CCC[C@@H](C)C3)nc3c2c(=O)[nH]c(=O)n3C)n1. The lowest BCUT2D eigenvalue weighted by atomic mass is 10.0. The molecule has 0 aliphatic carbocycles. The molecule has 0 amide bonds. The smallest absolute Gasteiger partial charge is 0.329 e. The van der Waals surface area contributed by atoms with Gasteiger partial charge >= 0.3 is 5.69 Å². The van der Waals surface area contributed by atoms with Gasteiger partial charge in [0.2, 0.25) is 5.95 Å². The van der Waals surface area contributed by atoms with E-state index in [-0.39, 0.29) is 0 Å². The fourth-order valence-electron chi connectivity index (χ4n) is 3.77. The Kier molecular flexibility index (Phi) is 5.44. The second kappa shape index (κ2) is 8.02. The van der Waals surface area contributed by atoms with Crippen LogP contribution in [0, 0.1) is 12.8 Å². The van der Waals surface area contributed by atoms with Crippen molar-refractivity contribution in [1.82, 2.24) is 29.1 Å². The van der Waals surface area contributed by atoms with Gasteiger partial charge in [0.05, 0.1) is 0 Å². The second-order valence-corrected chi connectivity index (χ2v) is 8.64. The number of hydrogen-bond donors (Lipinski definition) is 1. The predicted octanol–water partition coefficient (Wildman–Crippen LogP) is 1.55. The van der Waals surface area contributed by atoms with Gasteiger partial charge < -0.3 is 9.47 Å². The van der Waals surface area contributed by atoms with E-state index in [1.165, 1.54) is 11.0 Å². The molecule has 0 saturated carbocycles. The zero-order valence-corrected chi connectivity index (χ0v) is 17.7. The number of fused-ring (bicyclic) bond motifs is 1. The van der Waals surface area contributed by atoms with E-state index in [0.717, 1.165) is 31.2 Å². The summed E-state index contributed by atoms with van der Waals surface area (Å²) in [6.45, 7) is 6.52. The highest BCUT2D eigenvalue weighted by Crippen LogP contribution is 2.26. The van der Waals surface area contributed by atoms with Gasteiger partial charge in [0, 0.05) is 44.3 Å². The summed E-state index contributed by atoms with van der Waals surface area (Å²) in [7, 11) is 1.63. The third-order valence-electron chi connectivity index (χ3n) is 5.25. The van der Waals surface area contributed by atoms with Crippen molar-refractivity contribution >= 4 is 28.9 Å². The van der Waals surface area contributed by atoms with Gasteiger partial charge in [-0.2, -0.15) is 4.98 Å². The Hall–Kier alpha value is -2.62. The average molecular weight is 416 g/mol. The topological polar surface area (TPSA) is 102 Å². The summed E-state index contributed by atoms with van der Waals surface area (Å²) in [4.78, 5) is 42.8. The normalized spacial score (nSPS) is 17.2. The molecule has 29 heavy (non-hydrogen) atoms. The molecule has 1 atom stereocenters. The third-order valence-corrected chi connectivity index (χ3v) is 6.09. The largest absolute Gasteiger partial charge is 0.342 e. The highest BCUT2D eigenvalue weighted by molar-refractivity contribution is 7.99. The summed E-state index contributed by atoms with van der Waals surface area (Å²) in [5.41, 5.74) is 0.928. The molecule has 9 nitrogen and oxygen atoms in total. The number of H-pyrrole nitrogens is 1. The molecule has 154 valence electrons. The molecular weight excluding hydrogens is 390 g/mol. The first-order valence-corrected chi connectivity index (χ1v) is 10.8. The van der Waals surface area contributed by atoms with Crippen molar-refractivity contribution in [3.63, 3.8) is 0 Å². The molecule has 0 spiro atoms. The lowest BCUT2D eigenvalue weighted by Gasteiger charge is -2.32. The summed E-state index contributed by atoms with van der Waals surface area (Å²) in [6, 6.07) is 1.86. The van der Waals surface area contributed by atoms with Crippen molar-refractivity contribution in [2.75, 3.05) is 23.7 Å². The molecule has 10 heteroatoms. The summed E-state index contributed by atoms with van der Waals surface area (Å²) < 4.78 is 3.34. The second-order valence-electron chi connectivity index (χ2n) is 7.58. The Bertz CT molecular complexity index is 1150. The molecule has 0 unspecified atom stereocenters. The predicted molar refractivity (Wildman–Crippen MR) is 114 cm³/mol. The average Bonchev–Trinajstić information content (AvgIpc) is 3.07. The molecule has 3 aromatic heterocycles. The van der Waals surface area contributed by atoms with E-state index in [0.29, 0.717) is 34.5 Å². The number of aromatic nitrogens is 6. The van der Waals surface area contributed by atoms with Gasteiger partial charge in [0.25, 0.3) is 5.56 Å². The van der Waals surface area contributed by atoms with Crippen LogP contribution in [0.15, 0.2) is 27.0 Å². The molecule has 3 aromatic rings. The lowest BCUT2D eigenvalue weighted by molar-refractivity contribution is 0.438. The van der Waals surface area contributed by atoms with Crippen LogP contribution in [0.25, 0.3) is 11.2 Å². The van der Waals surface area contributed by atoms with E-state index in [4.69, 9.17) is 4.98 Å². The molecule has 0 aromatic carbocycles. The van der Waals surface area contributed by atoms with Crippen LogP contribution < -0.4 is 16.1 Å². The molecule has 1 fully saturated rings. The number of anilines is 1. The summed E-state index contributed by atoms with van der Waals surface area (Å²) in [5.74, 6) is 2.01. The van der Waals surface area contributed by atoms with E-state index in [2.05, 4.69) is 26.8 Å². The van der Waals surface area contributed by atoms with Crippen molar-refractivity contribution in [3.8, 4) is 0 Å². The number of rotatable bonds is 5. The third kappa shape index (κ3) is 3.93. The van der Waals surface area contributed by atoms with Crippen LogP contribution in [-0.4, -0.2) is 47.9 Å². The van der Waals surface area contributed by atoms with Crippen LogP contribution in [0.5, 0.6) is 0 Å². The number of nitrogens with zero attached hydrogens (tertiary/aromatic N) is 6. The first kappa shape index (κ1) is 19.7. The van der Waals surface area contributed by atoms with Crippen molar-refractivity contribution < 1.29 is 0 Å². The molecule has 1 N–H and O–H groups in total. The molecule has 4 heterocycles. The maximum atomic E-state index is 12.6. The molecule has 0 radical (unpaired) electrons. The van der Waals surface area contributed by atoms with Gasteiger partial charge in [0.1, 0.15) is 0 Å². The zero-order valence-electron chi connectivity index (χ0n) is 16.9. The van der Waals surface area contributed by atoms with E-state index in [9.17, 15) is 9.59 Å². The fourth-order valence-corrected chi connectivity index (χ4v) is 4.57. The van der Waals surface area contributed by atoms with Gasteiger partial charge in [-0.25, -0.2) is 14.8 Å². The first-order valence-electron chi connectivity index (χ1n) is 9.81. The van der Waals surface area contributed by atoms with Crippen LogP contribution in [0.1, 0.15) is 25.5 Å². The number of imidazole rings is 1. The van der Waals surface area contributed by atoms with Gasteiger partial charge in [-0.15, -0.1) is 0 Å². The van der Waals surface area contributed by atoms with Crippen LogP contribution in [0.3, 0.4) is 0 Å². The number of thioether (sulfide) groups is 1. The van der Waals surface area contributed by atoms with Gasteiger partial charge in [-0.05, 0) is 31.7 Å². The van der Waals surface area contributed by atoms with Crippen LogP contribution >= 0.6 is 11.8 Å². The van der Waals surface area contributed by atoms with Crippen LogP contribution in [0.4, 0.5) is 5.95 Å². The lowest BCUT2D eigenvalue weighted by Crippen LogP contribution is -2.36. The maximum Gasteiger partial charge on any atom is 0.329 e. The molecular formula is C19H25N7O2S. The number of hydrogen-bond acceptors (Lipinski definition) is 7. The highest BCUT2D eigenvalue weighted by atomic mass is 32.2. The van der Waals surface area contributed by atoms with E-state index >= 15 is 0 Å². The standard InChI is InChI=1S/C19H25N7O2S/c1-12-5-4-8-25(11-12)18-22-15-14(16(27)23-19(28)24(15)3)26(18)9-10-29-17-20-7-6-13(2)21-17/h6-7,12H,4-5,8-11H2,1-3H3,(H,23,27,28)/t12-/m1/s1. The minimum Gasteiger partial charge on any atom is -0.342 e. The van der Waals surface area contributed by atoms with Gasteiger partial charge in [-0.3, -0.25) is 14.3 Å². The van der Waals surface area contributed by atoms with E-state index in [1.54, 1.807) is 25.0 Å². The maximum absolute atomic E-state index is 12.6. The zero-order chi connectivity index (χ0) is 20.5. The van der Waals surface area contributed by atoms with Crippen molar-refractivity contribution in [2.24, 2.45) is 13.0 Å². The molecule has 1 aliphatic rings. The Labute approximate surface area is 172 Å². The Morgan fingerprint density at radius 2 is 2.14 bits per heavy atom. The molecule has 0 bridgehead atoms. The van der Waals surface area contributed by atoms with Gasteiger partial charge in [0.15, 0.2) is 16.3 Å². The first-order chi connectivity index (χ1) is 13.9. The van der Waals surface area contributed by atoms with E-state index in [1.807, 2.05) is 17.6 Å². The fraction of sp³-hybridized carbons (Fsp3) is 0.526. The molecule has 4 rings (SSSR count). The molecule has 1 aliphatic heterocycles. The Morgan fingerprint density at radius 3 is 2.90 bits per heavy atom. The van der Waals surface area contributed by atoms with Crippen LogP contribution in [-0.2, 0) is 13.6 Å². The number of nitrogens with one attached hydrogen (secondary N) is 1. The summed E-state index contributed by atoms with van der Waals surface area (Å²) in [5, 5.41) is 0.712. The Morgan fingerprint density at radius 1 is 1.31 bits per heavy atom. The van der Waals surface area contributed by atoms with Crippen molar-refractivity contribution in [1.29, 1.82) is 0 Å². The van der Waals surface area contributed by atoms with E-state index < -0.39 is 11.2 Å². The van der Waals surface area contributed by atoms with Crippen molar-refractivity contribution in [2.45, 2.75) is 38.4 Å². The quantitative estimate of drug-likeness (QED) is 0.498. The summed E-state index contributed by atoms with van der Waals surface area (Å²) >= 11 is 1.54. The van der Waals surface area contributed by atoms with Crippen LogP contribution in [0.2, 0.25) is 0 Å². The highest BCUT2D eigenvalue weighted by Gasteiger charge is 2.24. The number of aromatic amines is 1.